The van der Waals surface area contributed by atoms with Gasteiger partial charge in [-0.3, -0.25) is 9.59 Å². The summed E-state index contributed by atoms with van der Waals surface area (Å²) >= 11 is 1.39. The van der Waals surface area contributed by atoms with Crippen LogP contribution in [0.1, 0.15) is 56.9 Å². The summed E-state index contributed by atoms with van der Waals surface area (Å²) in [6, 6.07) is 10.2. The average molecular weight is 394 g/mol. The number of hydrogen-bond acceptors (Lipinski definition) is 4. The first-order chi connectivity index (χ1) is 13.1. The van der Waals surface area contributed by atoms with Crippen molar-refractivity contribution in [1.82, 2.24) is 4.90 Å². The molecule has 0 spiro atoms. The van der Waals surface area contributed by atoms with Crippen molar-refractivity contribution in [3.8, 4) is 0 Å². The van der Waals surface area contributed by atoms with E-state index in [1.54, 1.807) is 0 Å². The van der Waals surface area contributed by atoms with Gasteiger partial charge in [-0.05, 0) is 44.1 Å². The lowest BCUT2D eigenvalue weighted by atomic mass is 9.99. The molecule has 1 amide bonds. The molecule has 150 valence electrons. The molecule has 1 heterocycles. The predicted octanol–water partition coefficient (Wildman–Crippen LogP) is 4.33. The Balaban J connectivity index is 1.72. The Morgan fingerprint density at radius 3 is 2.67 bits per heavy atom. The maximum Gasteiger partial charge on any atom is 0.303 e. The van der Waals surface area contributed by atoms with Gasteiger partial charge in [-0.15, -0.1) is 0 Å². The number of rotatable bonds is 12. The zero-order chi connectivity index (χ0) is 19.5. The van der Waals surface area contributed by atoms with E-state index in [9.17, 15) is 14.7 Å². The quantitative estimate of drug-likeness (QED) is 0.517. The second kappa shape index (κ2) is 12.0. The normalized spacial score (nSPS) is 18.5. The van der Waals surface area contributed by atoms with Gasteiger partial charge in [-0.25, -0.2) is 0 Å². The van der Waals surface area contributed by atoms with Gasteiger partial charge in [0.1, 0.15) is 0 Å². The standard InChI is InChI=1S/C21H31NO4S/c23-19(16-17-8-4-3-5-9-17)12-11-18-13-15-27-21(26)22(18)14-7-2-1-6-10-20(24)25/h3-5,8-9,18-19,23H,1-2,6-7,10-16H2,(H,24,25)/t18-,19-/m0/s1. The number of carbonyl (C=O) groups is 2. The predicted molar refractivity (Wildman–Crippen MR) is 109 cm³/mol. The number of unbranched alkanes of at least 4 members (excludes halogenated alkanes) is 3. The van der Waals surface area contributed by atoms with Crippen LogP contribution in [0.3, 0.4) is 0 Å². The Morgan fingerprint density at radius 2 is 1.93 bits per heavy atom. The first-order valence-corrected chi connectivity index (χ1v) is 10.9. The lowest BCUT2D eigenvalue weighted by molar-refractivity contribution is -0.137. The van der Waals surface area contributed by atoms with E-state index in [1.807, 2.05) is 35.2 Å². The third-order valence-corrected chi connectivity index (χ3v) is 5.96. The first-order valence-electron chi connectivity index (χ1n) is 9.93. The monoisotopic (exact) mass is 393 g/mol. The summed E-state index contributed by atoms with van der Waals surface area (Å²) in [4.78, 5) is 24.8. The molecular formula is C21H31NO4S. The van der Waals surface area contributed by atoms with Gasteiger partial charge in [0.25, 0.3) is 5.24 Å². The molecule has 0 aliphatic carbocycles. The van der Waals surface area contributed by atoms with Gasteiger partial charge in [-0.1, -0.05) is 54.9 Å². The second-order valence-corrected chi connectivity index (χ2v) is 8.28. The van der Waals surface area contributed by atoms with Crippen LogP contribution >= 0.6 is 11.8 Å². The van der Waals surface area contributed by atoms with Crippen molar-refractivity contribution in [3.05, 3.63) is 35.9 Å². The molecule has 1 aromatic carbocycles. The molecule has 27 heavy (non-hydrogen) atoms. The van der Waals surface area contributed by atoms with Crippen LogP contribution < -0.4 is 0 Å². The number of aliphatic hydroxyl groups is 1. The summed E-state index contributed by atoms with van der Waals surface area (Å²) in [6.07, 6.45) is 6.46. The highest BCUT2D eigenvalue weighted by atomic mass is 32.2. The SMILES string of the molecule is O=C(O)CCCCCCN1C(=O)SCC[C@@H]1CC[C@H](O)Cc1ccccc1. The fourth-order valence-corrected chi connectivity index (χ4v) is 4.50. The van der Waals surface area contributed by atoms with E-state index in [1.165, 1.54) is 11.8 Å². The number of hydrogen-bond donors (Lipinski definition) is 2. The fourth-order valence-electron chi connectivity index (χ4n) is 3.53. The van der Waals surface area contributed by atoms with E-state index in [-0.39, 0.29) is 23.8 Å². The summed E-state index contributed by atoms with van der Waals surface area (Å²) in [5.41, 5.74) is 1.14. The van der Waals surface area contributed by atoms with Crippen molar-refractivity contribution < 1.29 is 19.8 Å². The van der Waals surface area contributed by atoms with Crippen LogP contribution in [0.2, 0.25) is 0 Å². The van der Waals surface area contributed by atoms with Crippen LogP contribution in [-0.4, -0.2) is 50.8 Å². The molecule has 1 aliphatic rings. The number of aliphatic carboxylic acids is 1. The highest BCUT2D eigenvalue weighted by molar-refractivity contribution is 8.13. The minimum atomic E-state index is -0.744. The fraction of sp³-hybridized carbons (Fsp3) is 0.619. The van der Waals surface area contributed by atoms with Crippen molar-refractivity contribution >= 4 is 23.0 Å². The van der Waals surface area contributed by atoms with E-state index in [0.29, 0.717) is 19.3 Å². The van der Waals surface area contributed by atoms with Crippen LogP contribution in [-0.2, 0) is 11.2 Å². The number of benzene rings is 1. The maximum atomic E-state index is 12.3. The molecule has 0 unspecified atom stereocenters. The zero-order valence-corrected chi connectivity index (χ0v) is 16.7. The minimum Gasteiger partial charge on any atom is -0.481 e. The molecule has 5 nitrogen and oxygen atoms in total. The summed E-state index contributed by atoms with van der Waals surface area (Å²) < 4.78 is 0. The Morgan fingerprint density at radius 1 is 1.19 bits per heavy atom. The molecular weight excluding hydrogens is 362 g/mol. The summed E-state index contributed by atoms with van der Waals surface area (Å²) in [7, 11) is 0. The zero-order valence-electron chi connectivity index (χ0n) is 15.9. The van der Waals surface area contributed by atoms with Gasteiger partial charge in [0.05, 0.1) is 6.10 Å². The van der Waals surface area contributed by atoms with Gasteiger partial charge in [0, 0.05) is 24.8 Å². The van der Waals surface area contributed by atoms with Crippen LogP contribution in [0.4, 0.5) is 4.79 Å². The summed E-state index contributed by atoms with van der Waals surface area (Å²) in [6.45, 7) is 0.734. The first kappa shape index (κ1) is 21.8. The van der Waals surface area contributed by atoms with Gasteiger partial charge in [0.15, 0.2) is 0 Å². The van der Waals surface area contributed by atoms with E-state index >= 15 is 0 Å². The van der Waals surface area contributed by atoms with E-state index in [4.69, 9.17) is 5.11 Å². The number of carbonyl (C=O) groups excluding carboxylic acids is 1. The molecule has 2 atom stereocenters. The van der Waals surface area contributed by atoms with E-state index < -0.39 is 5.97 Å². The molecule has 2 rings (SSSR count). The molecule has 0 bridgehead atoms. The molecule has 2 N–H and O–H groups in total. The van der Waals surface area contributed by atoms with E-state index in [0.717, 1.165) is 50.0 Å². The Bertz CT molecular complexity index is 581. The number of nitrogens with zero attached hydrogens (tertiary/aromatic N) is 1. The molecule has 0 radical (unpaired) electrons. The maximum absolute atomic E-state index is 12.3. The molecule has 1 saturated heterocycles. The number of thioether (sulfide) groups is 1. The second-order valence-electron chi connectivity index (χ2n) is 7.23. The molecule has 0 saturated carbocycles. The minimum absolute atomic E-state index is 0.148. The van der Waals surface area contributed by atoms with Crippen LogP contribution in [0.5, 0.6) is 0 Å². The van der Waals surface area contributed by atoms with Crippen molar-refractivity contribution in [1.29, 1.82) is 0 Å². The average Bonchev–Trinajstić information content (AvgIpc) is 2.65. The largest absolute Gasteiger partial charge is 0.481 e. The van der Waals surface area contributed by atoms with Gasteiger partial charge < -0.3 is 15.1 Å². The van der Waals surface area contributed by atoms with Crippen LogP contribution in [0.15, 0.2) is 30.3 Å². The molecule has 6 heteroatoms. The van der Waals surface area contributed by atoms with Crippen LogP contribution in [0, 0.1) is 0 Å². The summed E-state index contributed by atoms with van der Waals surface area (Å²) in [5.74, 6) is 0.111. The molecule has 1 fully saturated rings. The third-order valence-electron chi connectivity index (χ3n) is 5.04. The molecule has 1 aliphatic heterocycles. The third kappa shape index (κ3) is 8.35. The number of amides is 1. The lowest BCUT2D eigenvalue weighted by Gasteiger charge is -2.35. The van der Waals surface area contributed by atoms with Gasteiger partial charge in [0.2, 0.25) is 0 Å². The van der Waals surface area contributed by atoms with Crippen molar-refractivity contribution in [3.63, 3.8) is 0 Å². The highest BCUT2D eigenvalue weighted by Crippen LogP contribution is 2.27. The highest BCUT2D eigenvalue weighted by Gasteiger charge is 2.28. The molecule has 1 aromatic rings. The Kier molecular flexibility index (Phi) is 9.70. The lowest BCUT2D eigenvalue weighted by Crippen LogP contribution is -2.43. The smallest absolute Gasteiger partial charge is 0.303 e. The van der Waals surface area contributed by atoms with Crippen molar-refractivity contribution in [2.24, 2.45) is 0 Å². The van der Waals surface area contributed by atoms with Gasteiger partial charge in [-0.2, -0.15) is 0 Å². The van der Waals surface area contributed by atoms with Gasteiger partial charge >= 0.3 is 5.97 Å². The van der Waals surface area contributed by atoms with E-state index in [2.05, 4.69) is 0 Å². The Labute approximate surface area is 166 Å². The number of carboxylic acids is 1. The number of carboxylic acid groups (broad SMARTS) is 1. The number of aliphatic hydroxyl groups excluding tert-OH is 1. The topological polar surface area (TPSA) is 77.8 Å². The van der Waals surface area contributed by atoms with Crippen molar-refractivity contribution in [2.75, 3.05) is 12.3 Å². The van der Waals surface area contributed by atoms with Crippen LogP contribution in [0.25, 0.3) is 0 Å². The van der Waals surface area contributed by atoms with Crippen molar-refractivity contribution in [2.45, 2.75) is 69.9 Å². The summed E-state index contributed by atoms with van der Waals surface area (Å²) in [5, 5.41) is 19.2. The Hall–Kier alpha value is -1.53. The molecule has 0 aromatic heterocycles.